The molecule has 98 valence electrons. The van der Waals surface area contributed by atoms with Crippen LogP contribution in [0.1, 0.15) is 19.2 Å². The lowest BCUT2D eigenvalue weighted by Crippen LogP contribution is -2.32. The maximum absolute atomic E-state index is 12.0. The zero-order valence-electron chi connectivity index (χ0n) is 10.4. The van der Waals surface area contributed by atoms with Crippen molar-refractivity contribution in [3.63, 3.8) is 0 Å². The molecule has 2 aromatic heterocycles. The van der Waals surface area contributed by atoms with Crippen LogP contribution in [-0.4, -0.2) is 25.0 Å². The molecule has 0 unspecified atom stereocenters. The van der Waals surface area contributed by atoms with Gasteiger partial charge in [0.05, 0.1) is 0 Å². The van der Waals surface area contributed by atoms with Crippen LogP contribution in [0.15, 0.2) is 9.59 Å². The second kappa shape index (κ2) is 4.97. The molecule has 0 saturated carbocycles. The van der Waals surface area contributed by atoms with Gasteiger partial charge in [0.15, 0.2) is 5.52 Å². The second-order valence-electron chi connectivity index (χ2n) is 4.11. The first kappa shape index (κ1) is 12.9. The van der Waals surface area contributed by atoms with Gasteiger partial charge in [-0.25, -0.2) is 9.78 Å². The van der Waals surface area contributed by atoms with Crippen LogP contribution in [0.25, 0.3) is 11.2 Å². The molecule has 0 atom stereocenters. The lowest BCUT2D eigenvalue weighted by molar-refractivity contribution is 0.695. The Balaban J connectivity index is 2.81. The predicted molar refractivity (Wildman–Crippen MR) is 70.3 cm³/mol. The molecule has 2 rings (SSSR count). The Kier molecular flexibility index (Phi) is 3.56. The number of alkyl halides is 1. The highest BCUT2D eigenvalue weighted by atomic mass is 35.5. The number of aromatic amines is 1. The summed E-state index contributed by atoms with van der Waals surface area (Å²) < 4.78 is 2.84. The second-order valence-corrected chi connectivity index (χ2v) is 4.49. The Hall–Kier alpha value is -1.56. The van der Waals surface area contributed by atoms with Crippen molar-refractivity contribution in [2.24, 2.45) is 7.05 Å². The number of fused-ring (bicyclic) bond motifs is 1. The van der Waals surface area contributed by atoms with Gasteiger partial charge in [-0.1, -0.05) is 6.92 Å². The van der Waals surface area contributed by atoms with Crippen molar-refractivity contribution in [3.05, 3.63) is 26.7 Å². The molecule has 0 radical (unpaired) electrons. The lowest BCUT2D eigenvalue weighted by Gasteiger charge is -2.05. The number of H-pyrrole nitrogens is 1. The van der Waals surface area contributed by atoms with Gasteiger partial charge < -0.3 is 4.57 Å². The molecule has 18 heavy (non-hydrogen) atoms. The van der Waals surface area contributed by atoms with Crippen LogP contribution < -0.4 is 11.2 Å². The summed E-state index contributed by atoms with van der Waals surface area (Å²) in [6.07, 6.45) is 1.66. The first-order chi connectivity index (χ1) is 8.60. The van der Waals surface area contributed by atoms with Crippen molar-refractivity contribution < 1.29 is 0 Å². The van der Waals surface area contributed by atoms with Crippen molar-refractivity contribution in [3.8, 4) is 0 Å². The molecule has 7 heteroatoms. The fourth-order valence-electron chi connectivity index (χ4n) is 1.95. The number of aromatic nitrogens is 4. The van der Waals surface area contributed by atoms with Gasteiger partial charge in [0.1, 0.15) is 11.5 Å². The van der Waals surface area contributed by atoms with Gasteiger partial charge in [-0.15, -0.1) is 11.6 Å². The van der Waals surface area contributed by atoms with E-state index in [4.69, 9.17) is 11.6 Å². The van der Waals surface area contributed by atoms with Crippen LogP contribution in [0.3, 0.4) is 0 Å². The Morgan fingerprint density at radius 3 is 2.72 bits per heavy atom. The zero-order chi connectivity index (χ0) is 13.3. The molecular formula is C11H15ClN4O2. The molecule has 0 fully saturated rings. The molecular weight excluding hydrogens is 256 g/mol. The highest BCUT2D eigenvalue weighted by molar-refractivity contribution is 6.17. The molecule has 0 amide bonds. The van der Waals surface area contributed by atoms with Crippen molar-refractivity contribution in [2.45, 2.75) is 26.3 Å². The molecule has 0 aliphatic carbocycles. The van der Waals surface area contributed by atoms with E-state index in [-0.39, 0.29) is 5.56 Å². The molecule has 2 aromatic rings. The van der Waals surface area contributed by atoms with Gasteiger partial charge in [0.2, 0.25) is 0 Å². The van der Waals surface area contributed by atoms with Gasteiger partial charge in [-0.05, 0) is 6.42 Å². The van der Waals surface area contributed by atoms with Crippen molar-refractivity contribution in [2.75, 3.05) is 5.88 Å². The summed E-state index contributed by atoms with van der Waals surface area (Å²) in [6, 6.07) is 0. The van der Waals surface area contributed by atoms with Gasteiger partial charge >= 0.3 is 5.69 Å². The highest BCUT2D eigenvalue weighted by Gasteiger charge is 2.15. The molecule has 0 spiro atoms. The number of hydrogen-bond acceptors (Lipinski definition) is 3. The first-order valence-corrected chi connectivity index (χ1v) is 6.38. The summed E-state index contributed by atoms with van der Waals surface area (Å²) in [5.74, 6) is 1.19. The minimum Gasteiger partial charge on any atom is -0.313 e. The molecule has 0 aliphatic heterocycles. The summed E-state index contributed by atoms with van der Waals surface area (Å²) in [6.45, 7) is 2.56. The van der Waals surface area contributed by atoms with Crippen LogP contribution in [0.2, 0.25) is 0 Å². The number of rotatable bonds is 4. The maximum Gasteiger partial charge on any atom is 0.329 e. The standard InChI is InChI=1S/C11H15ClN4O2/c1-3-4-7-13-8-9(16(7)6-5-12)14-11(18)15(2)10(8)17/h3-6H2,1-2H3,(H,14,18). The Morgan fingerprint density at radius 2 is 2.11 bits per heavy atom. The third-order valence-corrected chi connectivity index (χ3v) is 3.03. The van der Waals surface area contributed by atoms with Crippen LogP contribution in [-0.2, 0) is 20.0 Å². The average Bonchev–Trinajstić information content (AvgIpc) is 2.67. The zero-order valence-corrected chi connectivity index (χ0v) is 11.1. The largest absolute Gasteiger partial charge is 0.329 e. The molecule has 1 N–H and O–H groups in total. The van der Waals surface area contributed by atoms with Crippen molar-refractivity contribution in [1.82, 2.24) is 19.1 Å². The monoisotopic (exact) mass is 270 g/mol. The third-order valence-electron chi connectivity index (χ3n) is 2.87. The first-order valence-electron chi connectivity index (χ1n) is 5.84. The number of halogens is 1. The maximum atomic E-state index is 12.0. The van der Waals surface area contributed by atoms with Crippen LogP contribution in [0, 0.1) is 0 Å². The van der Waals surface area contributed by atoms with Gasteiger partial charge in [0.25, 0.3) is 5.56 Å². The van der Waals surface area contributed by atoms with E-state index in [2.05, 4.69) is 9.97 Å². The Bertz CT molecular complexity index is 683. The quantitative estimate of drug-likeness (QED) is 0.828. The van der Waals surface area contributed by atoms with Gasteiger partial charge in [-0.3, -0.25) is 14.3 Å². The van der Waals surface area contributed by atoms with E-state index in [1.54, 1.807) is 0 Å². The third kappa shape index (κ3) is 1.96. The van der Waals surface area contributed by atoms with Gasteiger partial charge in [0, 0.05) is 25.9 Å². The normalized spacial score (nSPS) is 11.3. The van der Waals surface area contributed by atoms with E-state index in [9.17, 15) is 9.59 Å². The number of nitrogens with one attached hydrogen (secondary N) is 1. The fraction of sp³-hybridized carbons (Fsp3) is 0.545. The minimum absolute atomic E-state index is 0.297. The molecule has 6 nitrogen and oxygen atoms in total. The van der Waals surface area contributed by atoms with Crippen molar-refractivity contribution >= 4 is 22.8 Å². The number of hydrogen-bond donors (Lipinski definition) is 1. The summed E-state index contributed by atoms with van der Waals surface area (Å²) in [5, 5.41) is 0. The van der Waals surface area contributed by atoms with Crippen LogP contribution in [0.5, 0.6) is 0 Å². The van der Waals surface area contributed by atoms with Crippen LogP contribution >= 0.6 is 11.6 Å². The van der Waals surface area contributed by atoms with E-state index in [1.807, 2.05) is 11.5 Å². The van der Waals surface area contributed by atoms with E-state index in [1.165, 1.54) is 7.05 Å². The lowest BCUT2D eigenvalue weighted by atomic mass is 10.3. The van der Waals surface area contributed by atoms with Crippen molar-refractivity contribution in [1.29, 1.82) is 0 Å². The molecule has 0 saturated heterocycles. The Morgan fingerprint density at radius 1 is 1.39 bits per heavy atom. The summed E-state index contributed by atoms with van der Waals surface area (Å²) >= 11 is 5.75. The van der Waals surface area contributed by atoms with Gasteiger partial charge in [-0.2, -0.15) is 0 Å². The summed E-state index contributed by atoms with van der Waals surface area (Å²) in [4.78, 5) is 30.6. The fourth-order valence-corrected chi connectivity index (χ4v) is 2.12. The average molecular weight is 271 g/mol. The molecule has 0 aliphatic rings. The number of aryl methyl sites for hydroxylation is 2. The van der Waals surface area contributed by atoms with E-state index < -0.39 is 5.69 Å². The van der Waals surface area contributed by atoms with E-state index in [0.29, 0.717) is 23.6 Å². The Labute approximate surface area is 108 Å². The smallest absolute Gasteiger partial charge is 0.313 e. The minimum atomic E-state index is -0.439. The topological polar surface area (TPSA) is 72.7 Å². The van der Waals surface area contributed by atoms with E-state index in [0.717, 1.165) is 23.2 Å². The van der Waals surface area contributed by atoms with E-state index >= 15 is 0 Å². The predicted octanol–water partition coefficient (Wildman–Crippen LogP) is 0.615. The SMILES string of the molecule is CCCc1nc2c(=O)n(C)c(=O)[nH]c2n1CCCl. The summed E-state index contributed by atoms with van der Waals surface area (Å²) in [5.41, 5.74) is -0.0523. The number of imidazole rings is 1. The van der Waals surface area contributed by atoms with Crippen LogP contribution in [0.4, 0.5) is 0 Å². The molecule has 0 aromatic carbocycles. The number of nitrogens with zero attached hydrogens (tertiary/aromatic N) is 3. The molecule has 0 bridgehead atoms. The summed E-state index contributed by atoms with van der Waals surface area (Å²) in [7, 11) is 1.43. The highest BCUT2D eigenvalue weighted by Crippen LogP contribution is 2.11. The molecule has 2 heterocycles.